The van der Waals surface area contributed by atoms with E-state index in [1.165, 1.54) is 11.6 Å². The molecular formula is C19H22ClN3O4. The number of hydrogen-bond donors (Lipinski definition) is 0. The van der Waals surface area contributed by atoms with Crippen molar-refractivity contribution in [1.29, 1.82) is 0 Å². The third-order valence-electron chi connectivity index (χ3n) is 4.66. The first kappa shape index (κ1) is 19.3. The minimum Gasteiger partial charge on any atom is -0.487 e. The van der Waals surface area contributed by atoms with Crippen LogP contribution in [0.25, 0.3) is 11.0 Å². The summed E-state index contributed by atoms with van der Waals surface area (Å²) in [7, 11) is 4.72. The quantitative estimate of drug-likeness (QED) is 0.647. The third-order valence-corrected chi connectivity index (χ3v) is 4.92. The van der Waals surface area contributed by atoms with E-state index in [-0.39, 0.29) is 24.5 Å². The van der Waals surface area contributed by atoms with E-state index in [9.17, 15) is 9.59 Å². The lowest BCUT2D eigenvalue weighted by molar-refractivity contribution is 0.182. The zero-order valence-electron chi connectivity index (χ0n) is 15.8. The normalized spacial score (nSPS) is 11.3. The lowest BCUT2D eigenvalue weighted by Gasteiger charge is -2.11. The molecule has 0 saturated heterocycles. The fraction of sp³-hybridized carbons (Fsp3) is 0.368. The fourth-order valence-corrected chi connectivity index (χ4v) is 3.47. The first-order valence-electron chi connectivity index (χ1n) is 8.57. The van der Waals surface area contributed by atoms with E-state index in [1.54, 1.807) is 38.4 Å². The Morgan fingerprint density at radius 3 is 2.26 bits per heavy atom. The van der Waals surface area contributed by atoms with Gasteiger partial charge in [-0.1, -0.05) is 11.6 Å². The summed E-state index contributed by atoms with van der Waals surface area (Å²) >= 11 is 5.92. The Bertz CT molecular complexity index is 1090. The molecule has 0 aliphatic carbocycles. The average Bonchev–Trinajstić information content (AvgIpc) is 2.98. The van der Waals surface area contributed by atoms with Gasteiger partial charge in [0.05, 0.1) is 17.8 Å². The SMILES string of the molecule is CCn1c(COc2ccc(Cl)cc2)c(COC)c2c1c(=O)n(C)c(=O)n2C. The highest BCUT2D eigenvalue weighted by Crippen LogP contribution is 2.26. The van der Waals surface area contributed by atoms with Gasteiger partial charge in [-0.3, -0.25) is 13.9 Å². The van der Waals surface area contributed by atoms with Gasteiger partial charge >= 0.3 is 5.69 Å². The van der Waals surface area contributed by atoms with Gasteiger partial charge in [-0.15, -0.1) is 0 Å². The first-order chi connectivity index (χ1) is 12.9. The van der Waals surface area contributed by atoms with Crippen molar-refractivity contribution in [3.63, 3.8) is 0 Å². The maximum atomic E-state index is 12.8. The molecule has 8 heteroatoms. The zero-order chi connectivity index (χ0) is 19.7. The van der Waals surface area contributed by atoms with Crippen molar-refractivity contribution in [3.8, 4) is 5.75 Å². The van der Waals surface area contributed by atoms with Gasteiger partial charge in [0.2, 0.25) is 0 Å². The molecule has 0 spiro atoms. The van der Waals surface area contributed by atoms with Gasteiger partial charge in [-0.25, -0.2) is 4.79 Å². The maximum absolute atomic E-state index is 12.8. The van der Waals surface area contributed by atoms with Crippen molar-refractivity contribution in [2.45, 2.75) is 26.7 Å². The molecule has 0 N–H and O–H groups in total. The highest BCUT2D eigenvalue weighted by molar-refractivity contribution is 6.30. The number of hydrogen-bond acceptors (Lipinski definition) is 4. The van der Waals surface area contributed by atoms with Gasteiger partial charge in [0, 0.05) is 38.3 Å². The molecule has 3 aromatic rings. The summed E-state index contributed by atoms with van der Waals surface area (Å²) in [5.74, 6) is 0.664. The lowest BCUT2D eigenvalue weighted by Crippen LogP contribution is -2.37. The summed E-state index contributed by atoms with van der Waals surface area (Å²) < 4.78 is 15.8. The minimum absolute atomic E-state index is 0.236. The molecule has 0 aliphatic rings. The fourth-order valence-electron chi connectivity index (χ4n) is 3.34. The topological polar surface area (TPSA) is 67.4 Å². The highest BCUT2D eigenvalue weighted by atomic mass is 35.5. The number of nitrogens with zero attached hydrogens (tertiary/aromatic N) is 3. The summed E-state index contributed by atoms with van der Waals surface area (Å²) in [6.07, 6.45) is 0. The summed E-state index contributed by atoms with van der Waals surface area (Å²) in [5, 5.41) is 0.628. The van der Waals surface area contributed by atoms with Crippen LogP contribution in [0.2, 0.25) is 5.02 Å². The Balaban J connectivity index is 2.21. The van der Waals surface area contributed by atoms with Crippen LogP contribution in [0.5, 0.6) is 5.75 Å². The van der Waals surface area contributed by atoms with E-state index < -0.39 is 0 Å². The molecule has 2 heterocycles. The molecule has 0 fully saturated rings. The van der Waals surface area contributed by atoms with E-state index in [4.69, 9.17) is 21.1 Å². The van der Waals surface area contributed by atoms with Crippen molar-refractivity contribution in [2.24, 2.45) is 14.1 Å². The number of ether oxygens (including phenoxy) is 2. The van der Waals surface area contributed by atoms with Crippen molar-refractivity contribution in [3.05, 3.63) is 61.4 Å². The van der Waals surface area contributed by atoms with Crippen molar-refractivity contribution < 1.29 is 9.47 Å². The second-order valence-corrected chi connectivity index (χ2v) is 6.68. The smallest absolute Gasteiger partial charge is 0.331 e. The van der Waals surface area contributed by atoms with Crippen molar-refractivity contribution in [2.75, 3.05) is 7.11 Å². The molecule has 2 aromatic heterocycles. The van der Waals surface area contributed by atoms with Gasteiger partial charge < -0.3 is 14.0 Å². The van der Waals surface area contributed by atoms with E-state index >= 15 is 0 Å². The van der Waals surface area contributed by atoms with Crippen LogP contribution in [0, 0.1) is 0 Å². The van der Waals surface area contributed by atoms with E-state index in [1.807, 2.05) is 11.5 Å². The molecule has 0 atom stereocenters. The molecule has 0 unspecified atom stereocenters. The molecule has 0 saturated carbocycles. The van der Waals surface area contributed by atoms with Crippen LogP contribution < -0.4 is 16.0 Å². The second kappa shape index (κ2) is 7.62. The van der Waals surface area contributed by atoms with Gasteiger partial charge in [-0.2, -0.15) is 0 Å². The molecular weight excluding hydrogens is 370 g/mol. The number of methoxy groups -OCH3 is 1. The number of rotatable bonds is 6. The van der Waals surface area contributed by atoms with Crippen LogP contribution in [-0.4, -0.2) is 20.8 Å². The molecule has 0 amide bonds. The lowest BCUT2D eigenvalue weighted by atomic mass is 10.2. The van der Waals surface area contributed by atoms with Crippen LogP contribution >= 0.6 is 11.6 Å². The minimum atomic E-state index is -0.372. The monoisotopic (exact) mass is 391 g/mol. The van der Waals surface area contributed by atoms with Crippen LogP contribution in [0.1, 0.15) is 18.2 Å². The Kier molecular flexibility index (Phi) is 5.43. The Morgan fingerprint density at radius 1 is 1.00 bits per heavy atom. The predicted molar refractivity (Wildman–Crippen MR) is 105 cm³/mol. The number of benzene rings is 1. The molecule has 3 rings (SSSR count). The summed E-state index contributed by atoms with van der Waals surface area (Å²) in [5.41, 5.74) is 1.95. The van der Waals surface area contributed by atoms with E-state index in [2.05, 4.69) is 0 Å². The standard InChI is InChI=1S/C19H22ClN3O4/c1-5-23-15(11-27-13-8-6-12(20)7-9-13)14(10-26-4)16-17(23)18(24)22(3)19(25)21(16)2/h6-9H,5,10-11H2,1-4H3. The van der Waals surface area contributed by atoms with Crippen LogP contribution in [0.4, 0.5) is 0 Å². The van der Waals surface area contributed by atoms with Crippen LogP contribution in [-0.2, 0) is 38.6 Å². The van der Waals surface area contributed by atoms with E-state index in [0.717, 1.165) is 15.8 Å². The van der Waals surface area contributed by atoms with Crippen molar-refractivity contribution >= 4 is 22.6 Å². The van der Waals surface area contributed by atoms with Gasteiger partial charge in [-0.05, 0) is 31.2 Å². The highest BCUT2D eigenvalue weighted by Gasteiger charge is 2.23. The number of halogens is 1. The molecule has 27 heavy (non-hydrogen) atoms. The van der Waals surface area contributed by atoms with Gasteiger partial charge in [0.1, 0.15) is 17.9 Å². The molecule has 0 radical (unpaired) electrons. The zero-order valence-corrected chi connectivity index (χ0v) is 16.5. The van der Waals surface area contributed by atoms with Crippen LogP contribution in [0.3, 0.4) is 0 Å². The molecule has 0 bridgehead atoms. The molecule has 144 valence electrons. The largest absolute Gasteiger partial charge is 0.487 e. The first-order valence-corrected chi connectivity index (χ1v) is 8.95. The summed E-state index contributed by atoms with van der Waals surface area (Å²) in [4.78, 5) is 25.2. The second-order valence-electron chi connectivity index (χ2n) is 6.25. The van der Waals surface area contributed by atoms with Gasteiger partial charge in [0.25, 0.3) is 5.56 Å². The third kappa shape index (κ3) is 3.28. The number of aryl methyl sites for hydroxylation is 2. The molecule has 1 aromatic carbocycles. The number of aromatic nitrogens is 3. The average molecular weight is 392 g/mol. The summed E-state index contributed by atoms with van der Waals surface area (Å²) in [6.45, 7) is 3.02. The molecule has 0 aliphatic heterocycles. The molecule has 7 nitrogen and oxygen atoms in total. The predicted octanol–water partition coefficient (Wildman–Crippen LogP) is 2.44. The maximum Gasteiger partial charge on any atom is 0.331 e. The van der Waals surface area contributed by atoms with Crippen LogP contribution in [0.15, 0.2) is 33.9 Å². The van der Waals surface area contributed by atoms with E-state index in [0.29, 0.717) is 28.4 Å². The van der Waals surface area contributed by atoms with Crippen molar-refractivity contribution in [1.82, 2.24) is 13.7 Å². The van der Waals surface area contributed by atoms with Gasteiger partial charge in [0.15, 0.2) is 0 Å². The Morgan fingerprint density at radius 2 is 1.67 bits per heavy atom. The summed E-state index contributed by atoms with van der Waals surface area (Å²) in [6, 6.07) is 7.07. The Hall–Kier alpha value is -2.51. The Labute approximate surface area is 161 Å². The number of fused-ring (bicyclic) bond motifs is 1.